The van der Waals surface area contributed by atoms with E-state index in [0.717, 1.165) is 51.2 Å². The quantitative estimate of drug-likeness (QED) is 0.812. The number of likely N-dealkylation sites (tertiary alicyclic amines) is 1. The molecule has 4 rings (SSSR count). The third-order valence-electron chi connectivity index (χ3n) is 5.73. The van der Waals surface area contributed by atoms with Crippen molar-refractivity contribution >= 4 is 0 Å². The van der Waals surface area contributed by atoms with Crippen molar-refractivity contribution in [2.24, 2.45) is 5.92 Å². The molecular formula is C21H28N4O2. The Bertz CT molecular complexity index is 778. The van der Waals surface area contributed by atoms with Crippen LogP contribution in [-0.4, -0.2) is 51.8 Å². The molecule has 6 heteroatoms. The molecule has 2 aliphatic rings. The van der Waals surface area contributed by atoms with Gasteiger partial charge in [-0.2, -0.15) is 0 Å². The van der Waals surface area contributed by atoms with Crippen molar-refractivity contribution in [1.29, 1.82) is 0 Å². The van der Waals surface area contributed by atoms with Crippen molar-refractivity contribution in [3.63, 3.8) is 0 Å². The van der Waals surface area contributed by atoms with E-state index in [0.29, 0.717) is 17.7 Å². The third kappa shape index (κ3) is 4.82. The van der Waals surface area contributed by atoms with Gasteiger partial charge in [0.2, 0.25) is 0 Å². The smallest absolute Gasteiger partial charge is 0.253 e. The highest BCUT2D eigenvalue weighted by atomic mass is 16.5. The summed E-state index contributed by atoms with van der Waals surface area (Å²) in [6.07, 6.45) is 11.5. The van der Waals surface area contributed by atoms with E-state index in [-0.39, 0.29) is 5.56 Å². The summed E-state index contributed by atoms with van der Waals surface area (Å²) < 4.78 is 7.62. The van der Waals surface area contributed by atoms with Gasteiger partial charge in [0.15, 0.2) is 0 Å². The number of rotatable bonds is 5. The highest BCUT2D eigenvalue weighted by molar-refractivity contribution is 5.56. The lowest BCUT2D eigenvalue weighted by molar-refractivity contribution is -0.0117. The Morgan fingerprint density at radius 2 is 2.04 bits per heavy atom. The fourth-order valence-corrected chi connectivity index (χ4v) is 4.10. The molecule has 0 aromatic carbocycles. The van der Waals surface area contributed by atoms with Gasteiger partial charge in [-0.3, -0.25) is 14.3 Å². The van der Waals surface area contributed by atoms with Crippen molar-refractivity contribution in [1.82, 2.24) is 19.4 Å². The lowest BCUT2D eigenvalue weighted by Gasteiger charge is -2.35. The maximum absolute atomic E-state index is 12.5. The first-order valence-electron chi connectivity index (χ1n) is 10.1. The Morgan fingerprint density at radius 3 is 2.74 bits per heavy atom. The van der Waals surface area contributed by atoms with Gasteiger partial charge in [-0.05, 0) is 63.2 Å². The number of nitrogens with zero attached hydrogens (tertiary/aromatic N) is 4. The number of piperidine rings is 1. The minimum atomic E-state index is 0.0156. The van der Waals surface area contributed by atoms with Gasteiger partial charge in [-0.15, -0.1) is 0 Å². The first-order chi connectivity index (χ1) is 13.3. The van der Waals surface area contributed by atoms with Gasteiger partial charge in [-0.1, -0.05) is 0 Å². The number of hydrogen-bond donors (Lipinski definition) is 0. The predicted octanol–water partition coefficient (Wildman–Crippen LogP) is 2.59. The Morgan fingerprint density at radius 1 is 1.15 bits per heavy atom. The Kier molecular flexibility index (Phi) is 5.94. The largest absolute Gasteiger partial charge is 0.377 e. The third-order valence-corrected chi connectivity index (χ3v) is 5.73. The summed E-state index contributed by atoms with van der Waals surface area (Å²) >= 11 is 0. The lowest BCUT2D eigenvalue weighted by Crippen LogP contribution is -2.41. The van der Waals surface area contributed by atoms with Crippen molar-refractivity contribution in [3.05, 3.63) is 47.3 Å². The maximum atomic E-state index is 12.5. The van der Waals surface area contributed by atoms with Crippen LogP contribution in [0.3, 0.4) is 0 Å². The van der Waals surface area contributed by atoms with Gasteiger partial charge >= 0.3 is 0 Å². The van der Waals surface area contributed by atoms with E-state index >= 15 is 0 Å². The molecule has 144 valence electrons. The second kappa shape index (κ2) is 8.76. The average molecular weight is 368 g/mol. The van der Waals surface area contributed by atoms with Crippen LogP contribution in [0.25, 0.3) is 11.3 Å². The highest BCUT2D eigenvalue weighted by Crippen LogP contribution is 2.21. The molecule has 2 fully saturated rings. The zero-order valence-electron chi connectivity index (χ0n) is 15.8. The molecule has 0 N–H and O–H groups in total. The Hall–Kier alpha value is -2.05. The molecule has 1 unspecified atom stereocenters. The molecule has 0 aliphatic carbocycles. The second-order valence-electron chi connectivity index (χ2n) is 7.74. The van der Waals surface area contributed by atoms with E-state index in [2.05, 4.69) is 14.9 Å². The van der Waals surface area contributed by atoms with Crippen molar-refractivity contribution in [2.75, 3.05) is 26.2 Å². The fraction of sp³-hybridized carbons (Fsp3) is 0.571. The predicted molar refractivity (Wildman–Crippen MR) is 104 cm³/mol. The first kappa shape index (κ1) is 18.3. The fourth-order valence-electron chi connectivity index (χ4n) is 4.10. The number of hydrogen-bond acceptors (Lipinski definition) is 5. The molecule has 2 saturated heterocycles. The number of ether oxygens (including phenoxy) is 1. The molecule has 27 heavy (non-hydrogen) atoms. The van der Waals surface area contributed by atoms with Crippen molar-refractivity contribution < 1.29 is 4.74 Å². The second-order valence-corrected chi connectivity index (χ2v) is 7.74. The van der Waals surface area contributed by atoms with Crippen molar-refractivity contribution in [3.8, 4) is 11.3 Å². The zero-order valence-corrected chi connectivity index (χ0v) is 15.8. The SMILES string of the molecule is O=c1cc(-c2cccnc2)ncn1CC1CCN(CC2CCCCO2)CC1. The normalized spacial score (nSPS) is 22.0. The van der Waals surface area contributed by atoms with E-state index in [1.54, 1.807) is 29.4 Å². The summed E-state index contributed by atoms with van der Waals surface area (Å²) in [6, 6.07) is 5.39. The number of aromatic nitrogens is 3. The molecule has 0 spiro atoms. The van der Waals surface area contributed by atoms with Crippen LogP contribution in [0.2, 0.25) is 0 Å². The average Bonchev–Trinajstić information content (AvgIpc) is 2.72. The standard InChI is InChI=1S/C21H28N4O2/c26-21-12-20(18-4-3-8-22-13-18)23-16-25(21)14-17-6-9-24(10-7-17)15-19-5-1-2-11-27-19/h3-4,8,12-13,16-17,19H,1-2,5-7,9-11,14-15H2. The van der Waals surface area contributed by atoms with Crippen LogP contribution >= 0.6 is 0 Å². The molecule has 0 amide bonds. The lowest BCUT2D eigenvalue weighted by atomic mass is 9.96. The molecule has 0 bridgehead atoms. The maximum Gasteiger partial charge on any atom is 0.253 e. The molecule has 6 nitrogen and oxygen atoms in total. The van der Waals surface area contributed by atoms with Gasteiger partial charge in [0.25, 0.3) is 5.56 Å². The molecular weight excluding hydrogens is 340 g/mol. The molecule has 0 radical (unpaired) electrons. The minimum absolute atomic E-state index is 0.0156. The Labute approximate surface area is 160 Å². The van der Waals surface area contributed by atoms with Crippen molar-refractivity contribution in [2.45, 2.75) is 44.8 Å². The zero-order chi connectivity index (χ0) is 18.5. The van der Waals surface area contributed by atoms with Crippen LogP contribution in [-0.2, 0) is 11.3 Å². The van der Waals surface area contributed by atoms with E-state index in [9.17, 15) is 4.79 Å². The summed E-state index contributed by atoms with van der Waals surface area (Å²) in [7, 11) is 0. The summed E-state index contributed by atoms with van der Waals surface area (Å²) in [5.74, 6) is 0.539. The van der Waals surface area contributed by atoms with Crippen LogP contribution in [0.15, 0.2) is 41.7 Å². The summed E-state index contributed by atoms with van der Waals surface area (Å²) in [5.41, 5.74) is 1.58. The first-order valence-corrected chi connectivity index (χ1v) is 10.1. The van der Waals surface area contributed by atoms with Gasteiger partial charge < -0.3 is 9.64 Å². The number of pyridine rings is 1. The van der Waals surface area contributed by atoms with Crippen LogP contribution in [0.1, 0.15) is 32.1 Å². The molecule has 1 atom stereocenters. The van der Waals surface area contributed by atoms with Gasteiger partial charge in [0, 0.05) is 43.7 Å². The van der Waals surface area contributed by atoms with E-state index < -0.39 is 0 Å². The van der Waals surface area contributed by atoms with Gasteiger partial charge in [-0.25, -0.2) is 4.98 Å². The minimum Gasteiger partial charge on any atom is -0.377 e. The van der Waals surface area contributed by atoms with Crippen LogP contribution in [0.4, 0.5) is 0 Å². The molecule has 2 aliphatic heterocycles. The molecule has 2 aromatic rings. The molecule has 0 saturated carbocycles. The molecule has 4 heterocycles. The van der Waals surface area contributed by atoms with E-state index in [1.165, 1.54) is 19.3 Å². The van der Waals surface area contributed by atoms with E-state index in [1.807, 2.05) is 12.1 Å². The van der Waals surface area contributed by atoms with E-state index in [4.69, 9.17) is 4.74 Å². The van der Waals surface area contributed by atoms with Crippen LogP contribution < -0.4 is 5.56 Å². The highest BCUT2D eigenvalue weighted by Gasteiger charge is 2.23. The summed E-state index contributed by atoms with van der Waals surface area (Å²) in [6.45, 7) is 4.94. The van der Waals surface area contributed by atoms with Gasteiger partial charge in [0.05, 0.1) is 18.1 Å². The van der Waals surface area contributed by atoms with Gasteiger partial charge in [0.1, 0.15) is 0 Å². The molecule has 2 aromatic heterocycles. The van der Waals surface area contributed by atoms with Crippen LogP contribution in [0.5, 0.6) is 0 Å². The Balaban J connectivity index is 1.30. The topological polar surface area (TPSA) is 60.2 Å². The van der Waals surface area contributed by atoms with Crippen LogP contribution in [0, 0.1) is 5.92 Å². The monoisotopic (exact) mass is 368 g/mol. The summed E-state index contributed by atoms with van der Waals surface area (Å²) in [5, 5.41) is 0. The summed E-state index contributed by atoms with van der Waals surface area (Å²) in [4.78, 5) is 23.6.